The van der Waals surface area contributed by atoms with E-state index >= 15 is 0 Å². The Labute approximate surface area is 121 Å². The summed E-state index contributed by atoms with van der Waals surface area (Å²) < 4.78 is 0. The summed E-state index contributed by atoms with van der Waals surface area (Å²) in [6, 6.07) is 15.6. The van der Waals surface area contributed by atoms with Crippen LogP contribution in [-0.4, -0.2) is 11.5 Å². The van der Waals surface area contributed by atoms with Crippen LogP contribution in [0.2, 0.25) is 0 Å². The molecular weight excluding hydrogens is 244 g/mol. The number of hydrogen-bond acceptors (Lipinski definition) is 2. The molecule has 0 spiro atoms. The van der Waals surface area contributed by atoms with Crippen molar-refractivity contribution in [2.45, 2.75) is 31.7 Å². The van der Waals surface area contributed by atoms with Gasteiger partial charge in [0.1, 0.15) is 0 Å². The van der Waals surface area contributed by atoms with Gasteiger partial charge in [0.25, 0.3) is 0 Å². The third-order valence-electron chi connectivity index (χ3n) is 4.15. The molecule has 1 saturated carbocycles. The van der Waals surface area contributed by atoms with Gasteiger partial charge in [0.05, 0.1) is 0 Å². The molecule has 2 aromatic rings. The van der Waals surface area contributed by atoms with Gasteiger partial charge in [-0.3, -0.25) is 4.98 Å². The van der Waals surface area contributed by atoms with Gasteiger partial charge in [-0.2, -0.15) is 0 Å². The second kappa shape index (κ2) is 6.19. The molecule has 1 aromatic carbocycles. The lowest BCUT2D eigenvalue weighted by Crippen LogP contribution is -2.24. The van der Waals surface area contributed by atoms with Crippen molar-refractivity contribution in [3.05, 3.63) is 66.0 Å². The van der Waals surface area contributed by atoms with E-state index in [1.54, 1.807) is 0 Å². The number of benzene rings is 1. The zero-order valence-corrected chi connectivity index (χ0v) is 12.0. The highest BCUT2D eigenvalue weighted by Crippen LogP contribution is 2.53. The van der Waals surface area contributed by atoms with Crippen LogP contribution in [0.4, 0.5) is 0 Å². The summed E-state index contributed by atoms with van der Waals surface area (Å²) in [7, 11) is 0. The maximum atomic E-state index is 4.28. The standard InChI is InChI=1S/C18H22N2/c1-2-10-20-18(15-9-6-11-19-13-15)17-12-16(17)14-7-4-3-5-8-14/h3-9,11,13,16-18,20H,2,10,12H2,1H3. The fourth-order valence-electron chi connectivity index (χ4n) is 3.04. The van der Waals surface area contributed by atoms with E-state index in [0.29, 0.717) is 17.9 Å². The summed E-state index contributed by atoms with van der Waals surface area (Å²) in [6.45, 7) is 3.28. The topological polar surface area (TPSA) is 24.9 Å². The molecule has 1 N–H and O–H groups in total. The second-order valence-electron chi connectivity index (χ2n) is 5.63. The third kappa shape index (κ3) is 2.91. The monoisotopic (exact) mass is 266 g/mol. The predicted molar refractivity (Wildman–Crippen MR) is 82.6 cm³/mol. The van der Waals surface area contributed by atoms with Crippen LogP contribution in [0.1, 0.15) is 42.9 Å². The first-order valence-electron chi connectivity index (χ1n) is 7.58. The van der Waals surface area contributed by atoms with Crippen LogP contribution in [0.5, 0.6) is 0 Å². The minimum atomic E-state index is 0.439. The van der Waals surface area contributed by atoms with Gasteiger partial charge in [0.2, 0.25) is 0 Å². The molecule has 104 valence electrons. The average Bonchev–Trinajstić information content (AvgIpc) is 3.30. The Hall–Kier alpha value is -1.67. The van der Waals surface area contributed by atoms with Crippen molar-refractivity contribution in [1.82, 2.24) is 10.3 Å². The molecule has 1 aliphatic carbocycles. The minimum absolute atomic E-state index is 0.439. The van der Waals surface area contributed by atoms with E-state index in [1.165, 1.54) is 24.0 Å². The Balaban J connectivity index is 1.75. The van der Waals surface area contributed by atoms with Crippen LogP contribution in [0.15, 0.2) is 54.9 Å². The summed E-state index contributed by atoms with van der Waals surface area (Å²) in [4.78, 5) is 4.28. The quantitative estimate of drug-likeness (QED) is 0.857. The number of nitrogens with one attached hydrogen (secondary N) is 1. The fourth-order valence-corrected chi connectivity index (χ4v) is 3.04. The summed E-state index contributed by atoms with van der Waals surface area (Å²) in [5.41, 5.74) is 2.80. The molecule has 3 atom stereocenters. The van der Waals surface area contributed by atoms with Crippen LogP contribution in [0.25, 0.3) is 0 Å². The summed E-state index contributed by atoms with van der Waals surface area (Å²) in [6.07, 6.45) is 6.30. The molecule has 3 rings (SSSR count). The number of rotatable bonds is 6. The van der Waals surface area contributed by atoms with Gasteiger partial charge in [-0.1, -0.05) is 43.3 Å². The summed E-state index contributed by atoms with van der Waals surface area (Å²) in [5, 5.41) is 3.71. The van der Waals surface area contributed by atoms with Crippen molar-refractivity contribution in [3.63, 3.8) is 0 Å². The highest BCUT2D eigenvalue weighted by atomic mass is 14.9. The first-order valence-corrected chi connectivity index (χ1v) is 7.58. The Morgan fingerprint density at radius 3 is 2.75 bits per heavy atom. The number of nitrogens with zero attached hydrogens (tertiary/aromatic N) is 1. The van der Waals surface area contributed by atoms with Gasteiger partial charge in [-0.15, -0.1) is 0 Å². The SMILES string of the molecule is CCCNC(c1cccnc1)C1CC1c1ccccc1. The maximum absolute atomic E-state index is 4.28. The molecule has 1 aromatic heterocycles. The zero-order chi connectivity index (χ0) is 13.8. The molecular formula is C18H22N2. The first-order chi connectivity index (χ1) is 9.90. The van der Waals surface area contributed by atoms with Gasteiger partial charge in [-0.25, -0.2) is 0 Å². The van der Waals surface area contributed by atoms with Crippen LogP contribution in [0.3, 0.4) is 0 Å². The molecule has 0 aliphatic heterocycles. The zero-order valence-electron chi connectivity index (χ0n) is 12.0. The van der Waals surface area contributed by atoms with E-state index in [1.807, 2.05) is 18.5 Å². The molecule has 20 heavy (non-hydrogen) atoms. The van der Waals surface area contributed by atoms with Crippen molar-refractivity contribution in [3.8, 4) is 0 Å². The molecule has 0 bridgehead atoms. The minimum Gasteiger partial charge on any atom is -0.310 e. The van der Waals surface area contributed by atoms with Crippen LogP contribution >= 0.6 is 0 Å². The maximum Gasteiger partial charge on any atom is 0.0370 e. The highest BCUT2D eigenvalue weighted by molar-refractivity contribution is 5.29. The van der Waals surface area contributed by atoms with Crippen molar-refractivity contribution in [2.24, 2.45) is 5.92 Å². The number of aromatic nitrogens is 1. The van der Waals surface area contributed by atoms with Gasteiger partial charge >= 0.3 is 0 Å². The Bertz CT molecular complexity index is 524. The molecule has 0 radical (unpaired) electrons. The molecule has 2 nitrogen and oxygen atoms in total. The molecule has 3 unspecified atom stereocenters. The van der Waals surface area contributed by atoms with E-state index in [-0.39, 0.29) is 0 Å². The lowest BCUT2D eigenvalue weighted by molar-refractivity contribution is 0.472. The highest BCUT2D eigenvalue weighted by Gasteiger charge is 2.44. The average molecular weight is 266 g/mol. The van der Waals surface area contributed by atoms with Crippen LogP contribution in [0, 0.1) is 5.92 Å². The largest absolute Gasteiger partial charge is 0.310 e. The van der Waals surface area contributed by atoms with E-state index < -0.39 is 0 Å². The van der Waals surface area contributed by atoms with Gasteiger partial charge in [0.15, 0.2) is 0 Å². The molecule has 0 saturated heterocycles. The Morgan fingerprint density at radius 2 is 2.05 bits per heavy atom. The smallest absolute Gasteiger partial charge is 0.0370 e. The van der Waals surface area contributed by atoms with E-state index in [2.05, 4.69) is 53.6 Å². The molecule has 1 heterocycles. The lowest BCUT2D eigenvalue weighted by atomic mass is 10.00. The van der Waals surface area contributed by atoms with E-state index in [0.717, 1.165) is 6.54 Å². The first kappa shape index (κ1) is 13.3. The van der Waals surface area contributed by atoms with Crippen molar-refractivity contribution in [2.75, 3.05) is 6.54 Å². The Kier molecular flexibility index (Phi) is 4.12. The van der Waals surface area contributed by atoms with Crippen molar-refractivity contribution >= 4 is 0 Å². The lowest BCUT2D eigenvalue weighted by Gasteiger charge is -2.19. The Morgan fingerprint density at radius 1 is 1.20 bits per heavy atom. The van der Waals surface area contributed by atoms with Crippen LogP contribution < -0.4 is 5.32 Å². The summed E-state index contributed by atoms with van der Waals surface area (Å²) in [5.74, 6) is 1.40. The van der Waals surface area contributed by atoms with Crippen molar-refractivity contribution in [1.29, 1.82) is 0 Å². The second-order valence-corrected chi connectivity index (χ2v) is 5.63. The predicted octanol–water partition coefficient (Wildman–Crippen LogP) is 3.93. The number of hydrogen-bond donors (Lipinski definition) is 1. The van der Waals surface area contributed by atoms with Gasteiger partial charge < -0.3 is 5.32 Å². The van der Waals surface area contributed by atoms with Gasteiger partial charge in [-0.05, 0) is 48.4 Å². The van der Waals surface area contributed by atoms with Crippen LogP contribution in [-0.2, 0) is 0 Å². The molecule has 1 fully saturated rings. The van der Waals surface area contributed by atoms with Crippen molar-refractivity contribution < 1.29 is 0 Å². The van der Waals surface area contributed by atoms with E-state index in [9.17, 15) is 0 Å². The van der Waals surface area contributed by atoms with Gasteiger partial charge in [0, 0.05) is 18.4 Å². The summed E-state index contributed by atoms with van der Waals surface area (Å²) >= 11 is 0. The molecule has 1 aliphatic rings. The molecule has 2 heteroatoms. The molecule has 0 amide bonds. The normalized spacial score (nSPS) is 22.4. The fraction of sp³-hybridized carbons (Fsp3) is 0.389. The number of pyridine rings is 1. The van der Waals surface area contributed by atoms with E-state index in [4.69, 9.17) is 0 Å². The third-order valence-corrected chi connectivity index (χ3v) is 4.15.